The van der Waals surface area contributed by atoms with Crippen LogP contribution >= 0.6 is 0 Å². The summed E-state index contributed by atoms with van der Waals surface area (Å²) in [6.07, 6.45) is 2.51. The van der Waals surface area contributed by atoms with Crippen molar-refractivity contribution in [1.29, 1.82) is 0 Å². The largest absolute Gasteiger partial charge is 0.305 e. The summed E-state index contributed by atoms with van der Waals surface area (Å²) in [6.45, 7) is 2.40. The molecule has 6 heteroatoms. The molecule has 0 aliphatic heterocycles. The summed E-state index contributed by atoms with van der Waals surface area (Å²) in [6, 6.07) is 0. The van der Waals surface area contributed by atoms with E-state index in [-0.39, 0.29) is 5.16 Å². The predicted molar refractivity (Wildman–Crippen MR) is 38.8 cm³/mol. The lowest BCUT2D eigenvalue weighted by Crippen LogP contribution is -2.07. The van der Waals surface area contributed by atoms with E-state index in [0.717, 1.165) is 6.26 Å². The first-order valence-electron chi connectivity index (χ1n) is 3.13. The van der Waals surface area contributed by atoms with Crippen LogP contribution in [0.1, 0.15) is 6.92 Å². The average Bonchev–Trinajstić information content (AvgIpc) is 2.31. The molecule has 1 rings (SSSR count). The third-order valence-electron chi connectivity index (χ3n) is 1.25. The average molecular weight is 175 g/mol. The van der Waals surface area contributed by atoms with Gasteiger partial charge in [0.2, 0.25) is 15.0 Å². The number of nitrogens with zero attached hydrogens (tertiary/aromatic N) is 3. The molecule has 5 nitrogen and oxygen atoms in total. The van der Waals surface area contributed by atoms with Crippen molar-refractivity contribution in [1.82, 2.24) is 14.8 Å². The highest BCUT2D eigenvalue weighted by atomic mass is 32.2. The van der Waals surface area contributed by atoms with Gasteiger partial charge in [0.15, 0.2) is 0 Å². The van der Waals surface area contributed by atoms with Gasteiger partial charge in [0.25, 0.3) is 0 Å². The van der Waals surface area contributed by atoms with Crippen LogP contribution in [-0.2, 0) is 16.4 Å². The van der Waals surface area contributed by atoms with Crippen molar-refractivity contribution in [2.24, 2.45) is 0 Å². The maximum atomic E-state index is 11.0. The summed E-state index contributed by atoms with van der Waals surface area (Å²) in [5.41, 5.74) is 0. The van der Waals surface area contributed by atoms with Crippen LogP contribution in [0, 0.1) is 0 Å². The predicted octanol–water partition coefficient (Wildman–Crippen LogP) is -0.298. The van der Waals surface area contributed by atoms with E-state index in [9.17, 15) is 8.42 Å². The first kappa shape index (κ1) is 8.19. The third kappa shape index (κ3) is 1.56. The molecule has 0 N–H and O–H groups in total. The molecule has 0 unspecified atom stereocenters. The summed E-state index contributed by atoms with van der Waals surface area (Å²) in [7, 11) is -3.21. The van der Waals surface area contributed by atoms with E-state index in [0.29, 0.717) is 6.54 Å². The molecule has 0 aromatic carbocycles. The Morgan fingerprint density at radius 3 is 2.64 bits per heavy atom. The number of hydrogen-bond acceptors (Lipinski definition) is 4. The summed E-state index contributed by atoms with van der Waals surface area (Å²) in [5.74, 6) is 0. The summed E-state index contributed by atoms with van der Waals surface area (Å²) in [4.78, 5) is 0. The van der Waals surface area contributed by atoms with Gasteiger partial charge in [-0.1, -0.05) is 0 Å². The molecule has 0 aliphatic carbocycles. The van der Waals surface area contributed by atoms with E-state index in [4.69, 9.17) is 0 Å². The summed E-state index contributed by atoms with van der Waals surface area (Å²) < 4.78 is 23.4. The first-order valence-corrected chi connectivity index (χ1v) is 5.02. The third-order valence-corrected chi connectivity index (χ3v) is 2.23. The number of aromatic nitrogens is 3. The van der Waals surface area contributed by atoms with Crippen LogP contribution in [0.2, 0.25) is 0 Å². The molecule has 62 valence electrons. The maximum Gasteiger partial charge on any atom is 0.249 e. The molecule has 11 heavy (non-hydrogen) atoms. The van der Waals surface area contributed by atoms with Crippen molar-refractivity contribution in [3.63, 3.8) is 0 Å². The van der Waals surface area contributed by atoms with Crippen molar-refractivity contribution in [3.05, 3.63) is 6.33 Å². The van der Waals surface area contributed by atoms with Gasteiger partial charge in [-0.05, 0) is 6.92 Å². The van der Waals surface area contributed by atoms with Gasteiger partial charge in [0.1, 0.15) is 6.33 Å². The topological polar surface area (TPSA) is 64.8 Å². The fraction of sp³-hybridized carbons (Fsp3) is 0.600. The molecule has 0 spiro atoms. The van der Waals surface area contributed by atoms with Crippen LogP contribution in [0.3, 0.4) is 0 Å². The van der Waals surface area contributed by atoms with E-state index in [2.05, 4.69) is 10.2 Å². The van der Waals surface area contributed by atoms with Crippen LogP contribution in [0.15, 0.2) is 11.5 Å². The minimum Gasteiger partial charge on any atom is -0.305 e. The minimum absolute atomic E-state index is 0.0278. The zero-order chi connectivity index (χ0) is 8.48. The van der Waals surface area contributed by atoms with Crippen molar-refractivity contribution in [2.75, 3.05) is 6.26 Å². The lowest BCUT2D eigenvalue weighted by molar-refractivity contribution is 0.574. The molecule has 1 aromatic rings. The van der Waals surface area contributed by atoms with Crippen molar-refractivity contribution in [3.8, 4) is 0 Å². The second-order valence-electron chi connectivity index (χ2n) is 2.17. The Hall–Kier alpha value is -0.910. The highest BCUT2D eigenvalue weighted by Gasteiger charge is 2.13. The number of aryl methyl sites for hydroxylation is 1. The van der Waals surface area contributed by atoms with Crippen LogP contribution in [0.25, 0.3) is 0 Å². The highest BCUT2D eigenvalue weighted by molar-refractivity contribution is 7.90. The molecule has 0 bridgehead atoms. The summed E-state index contributed by atoms with van der Waals surface area (Å²) in [5, 5.41) is 7.00. The normalized spacial score (nSPS) is 11.8. The Morgan fingerprint density at radius 1 is 1.64 bits per heavy atom. The lowest BCUT2D eigenvalue weighted by atomic mass is 10.7. The summed E-state index contributed by atoms with van der Waals surface area (Å²) >= 11 is 0. The zero-order valence-electron chi connectivity index (χ0n) is 6.35. The minimum atomic E-state index is -3.21. The van der Waals surface area contributed by atoms with Gasteiger partial charge < -0.3 is 4.57 Å². The van der Waals surface area contributed by atoms with Gasteiger partial charge in [0.05, 0.1) is 0 Å². The first-order chi connectivity index (χ1) is 5.05. The van der Waals surface area contributed by atoms with Gasteiger partial charge in [-0.2, -0.15) is 0 Å². The molecule has 0 atom stereocenters. The zero-order valence-corrected chi connectivity index (χ0v) is 7.17. The Labute approximate surface area is 65.0 Å². The molecular formula is C5H9N3O2S. The molecule has 1 aromatic heterocycles. The molecular weight excluding hydrogens is 166 g/mol. The molecule has 0 fully saturated rings. The smallest absolute Gasteiger partial charge is 0.249 e. The van der Waals surface area contributed by atoms with E-state index in [1.165, 1.54) is 10.9 Å². The Kier molecular flexibility index (Phi) is 1.95. The second-order valence-corrected chi connectivity index (χ2v) is 4.08. The second kappa shape index (κ2) is 2.61. The van der Waals surface area contributed by atoms with Gasteiger partial charge in [0, 0.05) is 12.8 Å². The number of rotatable bonds is 2. The number of sulfone groups is 1. The molecule has 0 radical (unpaired) electrons. The maximum absolute atomic E-state index is 11.0. The standard InChI is InChI=1S/C5H9N3O2S/c1-3-8-4-6-7-5(8)11(2,9)10/h4H,3H2,1-2H3. The van der Waals surface area contributed by atoms with E-state index in [1.54, 1.807) is 0 Å². The Morgan fingerprint density at radius 2 is 2.27 bits per heavy atom. The van der Waals surface area contributed by atoms with Crippen molar-refractivity contribution >= 4 is 9.84 Å². The van der Waals surface area contributed by atoms with Gasteiger partial charge >= 0.3 is 0 Å². The molecule has 1 heterocycles. The molecule has 0 aliphatic rings. The molecule has 0 saturated carbocycles. The van der Waals surface area contributed by atoms with Crippen molar-refractivity contribution in [2.45, 2.75) is 18.6 Å². The van der Waals surface area contributed by atoms with Crippen molar-refractivity contribution < 1.29 is 8.42 Å². The Balaban J connectivity index is 3.24. The van der Waals surface area contributed by atoms with Gasteiger partial charge in [-0.3, -0.25) is 0 Å². The van der Waals surface area contributed by atoms with Crippen LogP contribution in [-0.4, -0.2) is 29.4 Å². The Bertz CT molecular complexity index is 340. The van der Waals surface area contributed by atoms with Crippen LogP contribution in [0.5, 0.6) is 0 Å². The highest BCUT2D eigenvalue weighted by Crippen LogP contribution is 2.02. The lowest BCUT2D eigenvalue weighted by Gasteiger charge is -1.98. The van der Waals surface area contributed by atoms with E-state index >= 15 is 0 Å². The quantitative estimate of drug-likeness (QED) is 0.619. The SMILES string of the molecule is CCn1cnnc1S(C)(=O)=O. The van der Waals surface area contributed by atoms with Crippen LogP contribution in [0.4, 0.5) is 0 Å². The number of hydrogen-bond donors (Lipinski definition) is 0. The van der Waals surface area contributed by atoms with E-state index in [1.807, 2.05) is 6.92 Å². The van der Waals surface area contributed by atoms with Crippen LogP contribution < -0.4 is 0 Å². The molecule has 0 amide bonds. The monoisotopic (exact) mass is 175 g/mol. The fourth-order valence-electron chi connectivity index (χ4n) is 0.748. The molecule has 0 saturated heterocycles. The van der Waals surface area contributed by atoms with Gasteiger partial charge in [-0.25, -0.2) is 8.42 Å². The van der Waals surface area contributed by atoms with E-state index < -0.39 is 9.84 Å². The fourth-order valence-corrected chi connectivity index (χ4v) is 1.55. The van der Waals surface area contributed by atoms with Gasteiger partial charge in [-0.15, -0.1) is 10.2 Å².